The molecule has 1 saturated heterocycles. The Balaban J connectivity index is 1.30. The van der Waals surface area contributed by atoms with Gasteiger partial charge in [0.05, 0.1) is 38.1 Å². The predicted octanol–water partition coefficient (Wildman–Crippen LogP) is 5.50. The standard InChI is InChI=1S/C30H28F3N7O3/c1-3-39-13-22(30(31,32)33)37-28(39)19-6-4-17(5-7-19)12-40-27-21(43-20-14-42-15-20)10-11-34-26(27)25(38-40)23-24(18-8-9-18)35-16-36-29(23)41-2/h4-7,10-11,13,16,18,20H,3,8-9,12,14-15H2,1-2H3. The summed E-state index contributed by atoms with van der Waals surface area (Å²) < 4.78 is 60.6. The van der Waals surface area contributed by atoms with Crippen LogP contribution in [-0.4, -0.2) is 60.7 Å². The molecule has 0 unspecified atom stereocenters. The lowest BCUT2D eigenvalue weighted by molar-refractivity contribution is -0.140. The zero-order valence-electron chi connectivity index (χ0n) is 23.5. The van der Waals surface area contributed by atoms with Crippen molar-refractivity contribution in [3.05, 3.63) is 66.0 Å². The van der Waals surface area contributed by atoms with Crippen molar-refractivity contribution >= 4 is 11.0 Å². The summed E-state index contributed by atoms with van der Waals surface area (Å²) in [6.07, 6.45) is 1.72. The second-order valence-electron chi connectivity index (χ2n) is 10.6. The van der Waals surface area contributed by atoms with Crippen molar-refractivity contribution in [2.24, 2.45) is 0 Å². The third-order valence-electron chi connectivity index (χ3n) is 7.68. The number of aryl methyl sites for hydroxylation is 1. The lowest BCUT2D eigenvalue weighted by Crippen LogP contribution is -2.38. The molecule has 0 spiro atoms. The van der Waals surface area contributed by atoms with Gasteiger partial charge >= 0.3 is 6.18 Å². The molecule has 1 aliphatic carbocycles. The molecule has 5 heterocycles. The van der Waals surface area contributed by atoms with Crippen LogP contribution >= 0.6 is 0 Å². The third-order valence-corrected chi connectivity index (χ3v) is 7.68. The highest BCUT2D eigenvalue weighted by Crippen LogP contribution is 2.47. The Kier molecular flexibility index (Phi) is 6.76. The van der Waals surface area contributed by atoms with Crippen LogP contribution in [0.25, 0.3) is 33.7 Å². The number of alkyl halides is 3. The number of aromatic nitrogens is 7. The summed E-state index contributed by atoms with van der Waals surface area (Å²) in [5, 5.41) is 5.03. The molecule has 1 saturated carbocycles. The van der Waals surface area contributed by atoms with Gasteiger partial charge in [0.2, 0.25) is 5.88 Å². The summed E-state index contributed by atoms with van der Waals surface area (Å²) in [4.78, 5) is 17.6. The van der Waals surface area contributed by atoms with Crippen LogP contribution in [0.5, 0.6) is 11.6 Å². The highest BCUT2D eigenvalue weighted by molar-refractivity contribution is 5.95. The molecule has 222 valence electrons. The van der Waals surface area contributed by atoms with E-state index in [0.29, 0.717) is 66.1 Å². The first-order chi connectivity index (χ1) is 20.8. The monoisotopic (exact) mass is 591 g/mol. The maximum Gasteiger partial charge on any atom is 0.434 e. The van der Waals surface area contributed by atoms with Crippen LogP contribution in [0.15, 0.2) is 49.1 Å². The van der Waals surface area contributed by atoms with Gasteiger partial charge in [-0.2, -0.15) is 18.3 Å². The highest BCUT2D eigenvalue weighted by atomic mass is 19.4. The average Bonchev–Trinajstić information content (AvgIpc) is 3.63. The molecule has 10 nitrogen and oxygen atoms in total. The molecule has 13 heteroatoms. The van der Waals surface area contributed by atoms with E-state index in [4.69, 9.17) is 24.3 Å². The van der Waals surface area contributed by atoms with E-state index < -0.39 is 11.9 Å². The van der Waals surface area contributed by atoms with E-state index in [1.807, 2.05) is 22.9 Å². The Morgan fingerprint density at radius 2 is 1.84 bits per heavy atom. The van der Waals surface area contributed by atoms with Gasteiger partial charge in [-0.15, -0.1) is 0 Å². The summed E-state index contributed by atoms with van der Waals surface area (Å²) in [5.41, 5.74) is 4.10. The number of hydrogen-bond donors (Lipinski definition) is 0. The molecular weight excluding hydrogens is 563 g/mol. The van der Waals surface area contributed by atoms with Gasteiger partial charge in [0.15, 0.2) is 5.69 Å². The van der Waals surface area contributed by atoms with E-state index in [0.717, 1.165) is 35.9 Å². The third kappa shape index (κ3) is 5.07. The Bertz CT molecular complexity index is 1790. The Morgan fingerprint density at radius 1 is 1.05 bits per heavy atom. The van der Waals surface area contributed by atoms with Gasteiger partial charge in [-0.05, 0) is 25.3 Å². The van der Waals surface area contributed by atoms with Gasteiger partial charge in [-0.25, -0.2) is 15.0 Å². The number of rotatable bonds is 9. The van der Waals surface area contributed by atoms with E-state index in [-0.39, 0.29) is 11.9 Å². The highest BCUT2D eigenvalue weighted by Gasteiger charge is 2.35. The van der Waals surface area contributed by atoms with E-state index in [2.05, 4.69) is 15.0 Å². The van der Waals surface area contributed by atoms with Gasteiger partial charge < -0.3 is 18.8 Å². The first-order valence-electron chi connectivity index (χ1n) is 14.1. The number of fused-ring (bicyclic) bond motifs is 1. The van der Waals surface area contributed by atoms with Crippen molar-refractivity contribution in [3.8, 4) is 34.3 Å². The molecule has 43 heavy (non-hydrogen) atoms. The fourth-order valence-electron chi connectivity index (χ4n) is 5.30. The van der Waals surface area contributed by atoms with E-state index >= 15 is 0 Å². The van der Waals surface area contributed by atoms with Crippen LogP contribution < -0.4 is 9.47 Å². The molecule has 2 aliphatic rings. The van der Waals surface area contributed by atoms with Crippen molar-refractivity contribution in [2.75, 3.05) is 20.3 Å². The lowest BCUT2D eigenvalue weighted by Gasteiger charge is -2.27. The number of pyridine rings is 1. The van der Waals surface area contributed by atoms with E-state index in [1.165, 1.54) is 10.9 Å². The molecule has 0 radical (unpaired) electrons. The predicted molar refractivity (Wildman–Crippen MR) is 150 cm³/mol. The lowest BCUT2D eigenvalue weighted by atomic mass is 10.1. The maximum absolute atomic E-state index is 13.3. The molecule has 7 rings (SSSR count). The second kappa shape index (κ2) is 10.6. The number of benzene rings is 1. The van der Waals surface area contributed by atoms with Gasteiger partial charge in [-0.1, -0.05) is 24.3 Å². The Hall–Kier alpha value is -4.52. The summed E-state index contributed by atoms with van der Waals surface area (Å²) in [7, 11) is 1.57. The number of nitrogens with zero attached hydrogens (tertiary/aromatic N) is 7. The van der Waals surface area contributed by atoms with Gasteiger partial charge in [-0.3, -0.25) is 9.67 Å². The SMILES string of the molecule is CCn1cc(C(F)(F)F)nc1-c1ccc(Cn2nc(-c3c(OC)ncnc3C3CC3)c3nccc(OC4COC4)c32)cc1. The fourth-order valence-corrected chi connectivity index (χ4v) is 5.30. The fraction of sp³-hybridized carbons (Fsp3) is 0.367. The maximum atomic E-state index is 13.3. The van der Waals surface area contributed by atoms with Crippen molar-refractivity contribution in [2.45, 2.75) is 51.1 Å². The smallest absolute Gasteiger partial charge is 0.434 e. The number of hydrogen-bond acceptors (Lipinski definition) is 8. The molecule has 2 fully saturated rings. The van der Waals surface area contributed by atoms with Gasteiger partial charge in [0.25, 0.3) is 0 Å². The molecule has 0 N–H and O–H groups in total. The minimum atomic E-state index is -4.51. The number of methoxy groups -OCH3 is 1. The first kappa shape index (κ1) is 27.3. The van der Waals surface area contributed by atoms with Crippen molar-refractivity contribution in [1.29, 1.82) is 0 Å². The van der Waals surface area contributed by atoms with Crippen LogP contribution in [0, 0.1) is 0 Å². The molecule has 0 amide bonds. The zero-order chi connectivity index (χ0) is 29.7. The largest absolute Gasteiger partial charge is 0.483 e. The number of ether oxygens (including phenoxy) is 3. The molecule has 0 atom stereocenters. The van der Waals surface area contributed by atoms with Crippen LogP contribution in [-0.2, 0) is 24.0 Å². The Morgan fingerprint density at radius 3 is 2.49 bits per heavy atom. The molecule has 0 bridgehead atoms. The van der Waals surface area contributed by atoms with Gasteiger partial charge in [0, 0.05) is 36.5 Å². The molecule has 4 aromatic heterocycles. The van der Waals surface area contributed by atoms with Crippen LogP contribution in [0.3, 0.4) is 0 Å². The van der Waals surface area contributed by atoms with Crippen LogP contribution in [0.2, 0.25) is 0 Å². The Labute approximate surface area is 244 Å². The topological polar surface area (TPSA) is 102 Å². The van der Waals surface area contributed by atoms with E-state index in [1.54, 1.807) is 32.4 Å². The molecular formula is C30H28F3N7O3. The van der Waals surface area contributed by atoms with Crippen molar-refractivity contribution in [1.82, 2.24) is 34.3 Å². The second-order valence-corrected chi connectivity index (χ2v) is 10.6. The van der Waals surface area contributed by atoms with Crippen LogP contribution in [0.4, 0.5) is 13.2 Å². The molecule has 5 aromatic rings. The number of imidazole rings is 1. The minimum absolute atomic E-state index is 0.0720. The summed E-state index contributed by atoms with van der Waals surface area (Å²) in [6, 6.07) is 9.09. The van der Waals surface area contributed by atoms with E-state index in [9.17, 15) is 13.2 Å². The van der Waals surface area contributed by atoms with Crippen molar-refractivity contribution in [3.63, 3.8) is 0 Å². The quantitative estimate of drug-likeness (QED) is 0.221. The van der Waals surface area contributed by atoms with Crippen LogP contribution in [0.1, 0.15) is 42.6 Å². The average molecular weight is 592 g/mol. The van der Waals surface area contributed by atoms with Gasteiger partial charge in [0.1, 0.15) is 40.7 Å². The normalized spacial score (nSPS) is 15.6. The zero-order valence-corrected chi connectivity index (χ0v) is 23.5. The minimum Gasteiger partial charge on any atom is -0.483 e. The summed E-state index contributed by atoms with van der Waals surface area (Å²) in [6.45, 7) is 3.50. The molecule has 1 aromatic carbocycles. The first-order valence-corrected chi connectivity index (χ1v) is 14.1. The summed E-state index contributed by atoms with van der Waals surface area (Å²) >= 11 is 0. The number of halogens is 3. The molecule has 1 aliphatic heterocycles. The summed E-state index contributed by atoms with van der Waals surface area (Å²) in [5.74, 6) is 1.62. The van der Waals surface area contributed by atoms with Crippen molar-refractivity contribution < 1.29 is 27.4 Å².